The Kier molecular flexibility index (Phi) is 4.43. The average Bonchev–Trinajstić information content (AvgIpc) is 2.61. The van der Waals surface area contributed by atoms with Gasteiger partial charge in [0, 0.05) is 16.2 Å². The van der Waals surface area contributed by atoms with E-state index in [-0.39, 0.29) is 5.82 Å². The molecule has 0 spiro atoms. The van der Waals surface area contributed by atoms with E-state index < -0.39 is 0 Å². The van der Waals surface area contributed by atoms with Crippen molar-refractivity contribution in [1.82, 2.24) is 0 Å². The molecule has 0 bridgehead atoms. The van der Waals surface area contributed by atoms with Gasteiger partial charge in [0.25, 0.3) is 0 Å². The Balaban J connectivity index is 0.000000574. The van der Waals surface area contributed by atoms with E-state index in [4.69, 9.17) is 0 Å². The topological polar surface area (TPSA) is 0 Å². The number of aryl methyl sites for hydroxylation is 1. The van der Waals surface area contributed by atoms with Crippen LogP contribution in [0.15, 0.2) is 47.4 Å². The zero-order valence-corrected chi connectivity index (χ0v) is 11.6. The highest BCUT2D eigenvalue weighted by Gasteiger charge is 2.17. The van der Waals surface area contributed by atoms with Crippen molar-refractivity contribution < 1.29 is 4.39 Å². The summed E-state index contributed by atoms with van der Waals surface area (Å²) in [5.41, 5.74) is 2.96. The molecular formula is C16H17FS. The van der Waals surface area contributed by atoms with E-state index in [1.54, 1.807) is 12.1 Å². The quantitative estimate of drug-likeness (QED) is 0.630. The third kappa shape index (κ3) is 2.44. The van der Waals surface area contributed by atoms with Crippen LogP contribution in [0.5, 0.6) is 0 Å². The van der Waals surface area contributed by atoms with Gasteiger partial charge in [-0.1, -0.05) is 44.2 Å². The molecule has 1 aliphatic rings. The van der Waals surface area contributed by atoms with Crippen LogP contribution in [0.4, 0.5) is 4.39 Å². The summed E-state index contributed by atoms with van der Waals surface area (Å²) < 4.78 is 13.9. The lowest BCUT2D eigenvalue weighted by atomic mass is 9.98. The zero-order chi connectivity index (χ0) is 13.0. The Morgan fingerprint density at radius 1 is 1.00 bits per heavy atom. The molecule has 1 aliphatic heterocycles. The lowest BCUT2D eigenvalue weighted by molar-refractivity contribution is 0.629. The molecule has 94 valence electrons. The van der Waals surface area contributed by atoms with Crippen molar-refractivity contribution >= 4 is 11.8 Å². The number of hydrogen-bond acceptors (Lipinski definition) is 1. The van der Waals surface area contributed by atoms with E-state index >= 15 is 0 Å². The van der Waals surface area contributed by atoms with Crippen LogP contribution >= 0.6 is 11.8 Å². The summed E-state index contributed by atoms with van der Waals surface area (Å²) in [5, 5.41) is 0. The highest BCUT2D eigenvalue weighted by Crippen LogP contribution is 2.38. The number of rotatable bonds is 0. The molecule has 0 atom stereocenters. The first-order valence-corrected chi connectivity index (χ1v) is 7.34. The van der Waals surface area contributed by atoms with Crippen LogP contribution in [0.3, 0.4) is 0 Å². The summed E-state index contributed by atoms with van der Waals surface area (Å²) in [5.74, 6) is 0.917. The van der Waals surface area contributed by atoms with E-state index in [1.165, 1.54) is 4.90 Å². The molecule has 2 aromatic rings. The van der Waals surface area contributed by atoms with Gasteiger partial charge in [-0.25, -0.2) is 4.39 Å². The number of thioether (sulfide) groups is 1. The molecule has 0 aliphatic carbocycles. The lowest BCUT2D eigenvalue weighted by Crippen LogP contribution is -1.92. The summed E-state index contributed by atoms with van der Waals surface area (Å²) in [6, 6.07) is 13.4. The minimum Gasteiger partial charge on any atom is -0.206 e. The van der Waals surface area contributed by atoms with Gasteiger partial charge in [0.2, 0.25) is 0 Å². The zero-order valence-electron chi connectivity index (χ0n) is 10.7. The van der Waals surface area contributed by atoms with Crippen molar-refractivity contribution in [2.75, 3.05) is 5.75 Å². The third-order valence-corrected chi connectivity index (χ3v) is 3.96. The standard InChI is InChI=1S/C14H11FS.C2H6/c15-12-6-3-4-10-8-9-16-13-7-2-1-5-11(13)14(10)12;1-2/h1-7H,8-9H2;1-2H3. The lowest BCUT2D eigenvalue weighted by Gasteiger charge is -2.09. The van der Waals surface area contributed by atoms with Crippen molar-refractivity contribution in [3.05, 3.63) is 53.8 Å². The Morgan fingerprint density at radius 3 is 2.61 bits per heavy atom. The fourth-order valence-electron chi connectivity index (χ4n) is 2.15. The van der Waals surface area contributed by atoms with Gasteiger partial charge in [0.15, 0.2) is 0 Å². The largest absolute Gasteiger partial charge is 0.206 e. The van der Waals surface area contributed by atoms with Crippen molar-refractivity contribution in [1.29, 1.82) is 0 Å². The molecule has 3 rings (SSSR count). The molecule has 1 heterocycles. The molecule has 2 heteroatoms. The first-order valence-electron chi connectivity index (χ1n) is 6.36. The second-order valence-electron chi connectivity index (χ2n) is 3.87. The first kappa shape index (κ1) is 13.2. The van der Waals surface area contributed by atoms with Crippen LogP contribution in [0.1, 0.15) is 19.4 Å². The Bertz CT molecular complexity index is 534. The number of benzene rings is 2. The summed E-state index contributed by atoms with van der Waals surface area (Å²) in [6.07, 6.45) is 0.937. The van der Waals surface area contributed by atoms with Crippen LogP contribution < -0.4 is 0 Å². The highest BCUT2D eigenvalue weighted by molar-refractivity contribution is 7.99. The summed E-state index contributed by atoms with van der Waals surface area (Å²) in [4.78, 5) is 1.19. The average molecular weight is 260 g/mol. The first-order chi connectivity index (χ1) is 8.86. The van der Waals surface area contributed by atoms with E-state index in [1.807, 2.05) is 49.9 Å². The molecule has 0 N–H and O–H groups in total. The van der Waals surface area contributed by atoms with E-state index in [0.717, 1.165) is 28.9 Å². The van der Waals surface area contributed by atoms with E-state index in [9.17, 15) is 4.39 Å². The number of halogens is 1. The van der Waals surface area contributed by atoms with Crippen LogP contribution in [0.2, 0.25) is 0 Å². The smallest absolute Gasteiger partial charge is 0.131 e. The van der Waals surface area contributed by atoms with Gasteiger partial charge in [-0.05, 0) is 29.7 Å². The second kappa shape index (κ2) is 6.05. The fraction of sp³-hybridized carbons (Fsp3) is 0.250. The van der Waals surface area contributed by atoms with Crippen molar-refractivity contribution in [2.45, 2.75) is 25.2 Å². The fourth-order valence-corrected chi connectivity index (χ4v) is 3.19. The minimum atomic E-state index is -0.104. The molecule has 0 aromatic heterocycles. The summed E-state index contributed by atoms with van der Waals surface area (Å²) in [6.45, 7) is 4.00. The van der Waals surface area contributed by atoms with Crippen molar-refractivity contribution in [2.24, 2.45) is 0 Å². The molecule has 0 amide bonds. The van der Waals surface area contributed by atoms with Crippen LogP contribution in [-0.4, -0.2) is 5.75 Å². The van der Waals surface area contributed by atoms with Crippen LogP contribution in [0.25, 0.3) is 11.1 Å². The monoisotopic (exact) mass is 260 g/mol. The highest BCUT2D eigenvalue weighted by atomic mass is 32.2. The van der Waals surface area contributed by atoms with Gasteiger partial charge in [0.05, 0.1) is 0 Å². The predicted octanol–water partition coefficient (Wildman–Crippen LogP) is 5.17. The van der Waals surface area contributed by atoms with Crippen molar-refractivity contribution in [3.63, 3.8) is 0 Å². The molecule has 0 saturated heterocycles. The molecular weight excluding hydrogens is 243 g/mol. The molecule has 18 heavy (non-hydrogen) atoms. The molecule has 0 nitrogen and oxygen atoms in total. The maximum absolute atomic E-state index is 13.9. The normalized spacial score (nSPS) is 12.6. The van der Waals surface area contributed by atoms with E-state index in [0.29, 0.717) is 0 Å². The molecule has 0 unspecified atom stereocenters. The predicted molar refractivity (Wildman–Crippen MR) is 77.6 cm³/mol. The maximum atomic E-state index is 13.9. The summed E-state index contributed by atoms with van der Waals surface area (Å²) >= 11 is 1.81. The number of hydrogen-bond donors (Lipinski definition) is 0. The Hall–Kier alpha value is -1.28. The van der Waals surface area contributed by atoms with Gasteiger partial charge >= 0.3 is 0 Å². The minimum absolute atomic E-state index is 0.104. The second-order valence-corrected chi connectivity index (χ2v) is 5.01. The van der Waals surface area contributed by atoms with Gasteiger partial charge < -0.3 is 0 Å². The SMILES string of the molecule is CC.Fc1cccc2c1-c1ccccc1SCC2. The Morgan fingerprint density at radius 2 is 1.78 bits per heavy atom. The molecule has 0 fully saturated rings. The van der Waals surface area contributed by atoms with Gasteiger partial charge in [-0.2, -0.15) is 0 Å². The van der Waals surface area contributed by atoms with Crippen LogP contribution in [0, 0.1) is 5.82 Å². The number of fused-ring (bicyclic) bond motifs is 3. The third-order valence-electron chi connectivity index (χ3n) is 2.89. The molecule has 2 aromatic carbocycles. The molecule has 0 radical (unpaired) electrons. The summed E-state index contributed by atoms with van der Waals surface area (Å²) in [7, 11) is 0. The van der Waals surface area contributed by atoms with E-state index in [2.05, 4.69) is 6.07 Å². The van der Waals surface area contributed by atoms with Gasteiger partial charge in [0.1, 0.15) is 5.82 Å². The Labute approximate surface area is 112 Å². The van der Waals surface area contributed by atoms with Crippen LogP contribution in [-0.2, 0) is 6.42 Å². The maximum Gasteiger partial charge on any atom is 0.131 e. The van der Waals surface area contributed by atoms with Gasteiger partial charge in [-0.15, -0.1) is 11.8 Å². The van der Waals surface area contributed by atoms with Crippen molar-refractivity contribution in [3.8, 4) is 11.1 Å². The molecule has 0 saturated carbocycles. The van der Waals surface area contributed by atoms with Gasteiger partial charge in [-0.3, -0.25) is 0 Å².